The van der Waals surface area contributed by atoms with Crippen LogP contribution in [0.2, 0.25) is 6.32 Å². The number of amides is 1. The van der Waals surface area contributed by atoms with Gasteiger partial charge in [-0.05, 0) is 69.8 Å². The van der Waals surface area contributed by atoms with Crippen molar-refractivity contribution in [2.45, 2.75) is 83.0 Å². The summed E-state index contributed by atoms with van der Waals surface area (Å²) < 4.78 is 12.9. The molecule has 0 unspecified atom stereocenters. The van der Waals surface area contributed by atoms with Gasteiger partial charge in [-0.25, -0.2) is 9.59 Å². The van der Waals surface area contributed by atoms with Crippen LogP contribution in [0, 0.1) is 22.7 Å². The van der Waals surface area contributed by atoms with Gasteiger partial charge < -0.3 is 24.4 Å². The highest BCUT2D eigenvalue weighted by atomic mass is 16.7. The molecule has 31 heavy (non-hydrogen) atoms. The summed E-state index contributed by atoms with van der Waals surface area (Å²) in [4.78, 5) is 27.1. The Labute approximate surface area is 184 Å². The minimum Gasteiger partial charge on any atom is -0.480 e. The Balaban J connectivity index is 1.27. The number of likely N-dealkylation sites (N-methyl/N-ethyl adjacent to an activating group) is 1. The smallest absolute Gasteiger partial charge is 0.457 e. The van der Waals surface area contributed by atoms with Crippen molar-refractivity contribution in [3.8, 4) is 0 Å². The summed E-state index contributed by atoms with van der Waals surface area (Å²) in [5, 5.41) is 19.5. The molecule has 6 aliphatic rings. The molecule has 6 fully saturated rings. The van der Waals surface area contributed by atoms with Gasteiger partial charge in [-0.3, -0.25) is 4.90 Å². The molecule has 0 spiro atoms. The van der Waals surface area contributed by atoms with Gasteiger partial charge in [0.05, 0.1) is 11.7 Å². The molecule has 172 valence electrons. The predicted octanol–water partition coefficient (Wildman–Crippen LogP) is 2.63. The predicted molar refractivity (Wildman–Crippen MR) is 114 cm³/mol. The number of carboxylic acid groups (broad SMARTS) is 2. The summed E-state index contributed by atoms with van der Waals surface area (Å²) in [5.74, 6) is 0.202. The fourth-order valence-electron chi connectivity index (χ4n) is 8.06. The molecule has 1 amide bonds. The van der Waals surface area contributed by atoms with E-state index in [0.717, 1.165) is 30.6 Å². The van der Waals surface area contributed by atoms with Crippen LogP contribution in [0.25, 0.3) is 0 Å². The molecule has 2 N–H and O–H groups in total. The number of rotatable bonds is 5. The number of likely N-dealkylation sites (tertiary alicyclic amines) is 2. The van der Waals surface area contributed by atoms with Gasteiger partial charge in [-0.15, -0.1) is 0 Å². The average molecular weight is 434 g/mol. The van der Waals surface area contributed by atoms with Crippen LogP contribution in [0.1, 0.15) is 52.9 Å². The van der Waals surface area contributed by atoms with E-state index in [1.165, 1.54) is 6.42 Å². The Hall–Kier alpha value is -1.32. The van der Waals surface area contributed by atoms with E-state index in [0.29, 0.717) is 30.1 Å². The van der Waals surface area contributed by atoms with E-state index < -0.39 is 23.5 Å². The molecule has 0 aromatic heterocycles. The van der Waals surface area contributed by atoms with Crippen molar-refractivity contribution in [2.75, 3.05) is 20.1 Å². The van der Waals surface area contributed by atoms with E-state index in [1.807, 2.05) is 7.05 Å². The van der Waals surface area contributed by atoms with E-state index in [1.54, 1.807) is 0 Å². The molecule has 3 saturated carbocycles. The summed E-state index contributed by atoms with van der Waals surface area (Å²) in [7, 11) is 1.72. The van der Waals surface area contributed by atoms with Gasteiger partial charge in [-0.1, -0.05) is 20.3 Å². The first-order chi connectivity index (χ1) is 14.5. The maximum Gasteiger partial charge on any atom is 0.457 e. The molecule has 0 aromatic carbocycles. The quantitative estimate of drug-likeness (QED) is 0.642. The van der Waals surface area contributed by atoms with E-state index in [-0.39, 0.29) is 31.4 Å². The normalized spacial score (nSPS) is 45.4. The maximum absolute atomic E-state index is 12.1. The third kappa shape index (κ3) is 2.85. The fraction of sp³-hybridized carbons (Fsp3) is 0.909. The van der Waals surface area contributed by atoms with E-state index in [4.69, 9.17) is 9.31 Å². The number of fused-ring (bicyclic) bond motifs is 1. The minimum absolute atomic E-state index is 0.0526. The lowest BCUT2D eigenvalue weighted by Crippen LogP contribution is -2.65. The highest BCUT2D eigenvalue weighted by Crippen LogP contribution is 2.66. The van der Waals surface area contributed by atoms with Crippen molar-refractivity contribution in [1.82, 2.24) is 9.80 Å². The van der Waals surface area contributed by atoms with Crippen LogP contribution >= 0.6 is 0 Å². The second-order valence-electron chi connectivity index (χ2n) is 11.4. The molecule has 3 heterocycles. The van der Waals surface area contributed by atoms with Crippen LogP contribution in [-0.4, -0.2) is 83.1 Å². The maximum atomic E-state index is 12.1. The van der Waals surface area contributed by atoms with E-state index in [9.17, 15) is 19.8 Å². The minimum atomic E-state index is -1.14. The van der Waals surface area contributed by atoms with Crippen LogP contribution < -0.4 is 0 Å². The largest absolute Gasteiger partial charge is 0.480 e. The molecule has 3 saturated heterocycles. The first-order valence-corrected chi connectivity index (χ1v) is 11.8. The molecule has 9 heteroatoms. The number of carbonyl (C=O) groups is 2. The number of nitrogens with zero attached hydrogens (tertiary/aromatic N) is 2. The number of aliphatic carboxylic acids is 1. The molecule has 0 radical (unpaired) electrons. The highest BCUT2D eigenvalue weighted by Gasteiger charge is 2.68. The molecule has 3 aliphatic carbocycles. The van der Waals surface area contributed by atoms with Gasteiger partial charge in [0.2, 0.25) is 0 Å². The molecule has 6 rings (SSSR count). The summed E-state index contributed by atoms with van der Waals surface area (Å²) >= 11 is 0. The van der Waals surface area contributed by atoms with Crippen LogP contribution in [0.5, 0.6) is 0 Å². The van der Waals surface area contributed by atoms with Crippen molar-refractivity contribution in [2.24, 2.45) is 22.7 Å². The van der Waals surface area contributed by atoms with Gasteiger partial charge in [0, 0.05) is 18.0 Å². The lowest BCUT2D eigenvalue weighted by atomic mass is 9.43. The Bertz CT molecular complexity index is 794. The third-order valence-electron chi connectivity index (χ3n) is 9.91. The monoisotopic (exact) mass is 434 g/mol. The van der Waals surface area contributed by atoms with Crippen molar-refractivity contribution in [1.29, 1.82) is 0 Å². The Morgan fingerprint density at radius 3 is 2.58 bits per heavy atom. The molecule has 3 aliphatic heterocycles. The summed E-state index contributed by atoms with van der Waals surface area (Å²) in [6.45, 7) is 7.97. The molecular formula is C22H35BN2O6. The Kier molecular flexibility index (Phi) is 4.75. The van der Waals surface area contributed by atoms with Gasteiger partial charge in [0.25, 0.3) is 0 Å². The lowest BCUT2D eigenvalue weighted by molar-refractivity contribution is -0.199. The SMILES string of the molecule is CN1CC[C@@]2(CCCB3O[C@@H]4C[C@@H]5C[C@@H](C5(C)C)[C@]4(C)O3)[C@@H]1CN(C(=O)O)[C@@H]2C(=O)O. The summed E-state index contributed by atoms with van der Waals surface area (Å²) in [6, 6.07) is -1.04. The second kappa shape index (κ2) is 6.84. The molecule has 0 aromatic rings. The van der Waals surface area contributed by atoms with Crippen molar-refractivity contribution >= 4 is 19.2 Å². The van der Waals surface area contributed by atoms with Gasteiger partial charge in [0.15, 0.2) is 0 Å². The van der Waals surface area contributed by atoms with E-state index in [2.05, 4.69) is 25.7 Å². The molecule has 8 nitrogen and oxygen atoms in total. The summed E-state index contributed by atoms with van der Waals surface area (Å²) in [6.07, 6.45) is 4.16. The average Bonchev–Trinajstić information content (AvgIpc) is 3.29. The Morgan fingerprint density at radius 1 is 1.19 bits per heavy atom. The standard InChI is InChI=1S/C22H35BN2O6/c1-20(2)13-10-14(20)21(3)16(11-13)30-23(31-21)8-5-6-22-7-9-24(4)15(22)12-25(19(28)29)17(22)18(26)27/h13-17H,5-12H2,1-4H3,(H,26,27)(H,28,29)/t13-,14-,15-,16+,17+,21-,22-/m0/s1. The van der Waals surface area contributed by atoms with Crippen LogP contribution in [0.4, 0.5) is 4.79 Å². The van der Waals surface area contributed by atoms with Crippen molar-refractivity contribution < 1.29 is 29.1 Å². The Morgan fingerprint density at radius 2 is 1.94 bits per heavy atom. The summed E-state index contributed by atoms with van der Waals surface area (Å²) in [5.41, 5.74) is -0.463. The van der Waals surface area contributed by atoms with Crippen LogP contribution in [0.15, 0.2) is 0 Å². The number of hydrogen-bond donors (Lipinski definition) is 2. The van der Waals surface area contributed by atoms with Crippen molar-refractivity contribution in [3.63, 3.8) is 0 Å². The number of hydrogen-bond acceptors (Lipinski definition) is 5. The van der Waals surface area contributed by atoms with Crippen LogP contribution in [-0.2, 0) is 14.1 Å². The fourth-order valence-corrected chi connectivity index (χ4v) is 8.06. The highest BCUT2D eigenvalue weighted by molar-refractivity contribution is 6.45. The third-order valence-corrected chi connectivity index (χ3v) is 9.91. The first kappa shape index (κ1) is 21.5. The van der Waals surface area contributed by atoms with Gasteiger partial charge in [-0.2, -0.15) is 0 Å². The van der Waals surface area contributed by atoms with Gasteiger partial charge in [0.1, 0.15) is 6.04 Å². The zero-order chi connectivity index (χ0) is 22.3. The zero-order valence-corrected chi connectivity index (χ0v) is 19.0. The molecule has 7 atom stereocenters. The van der Waals surface area contributed by atoms with Crippen molar-refractivity contribution in [3.05, 3.63) is 0 Å². The van der Waals surface area contributed by atoms with Crippen LogP contribution in [0.3, 0.4) is 0 Å². The topological polar surface area (TPSA) is 99.5 Å². The zero-order valence-electron chi connectivity index (χ0n) is 19.0. The van der Waals surface area contributed by atoms with E-state index >= 15 is 0 Å². The van der Waals surface area contributed by atoms with Gasteiger partial charge >= 0.3 is 19.2 Å². The first-order valence-electron chi connectivity index (χ1n) is 11.8. The molecular weight excluding hydrogens is 399 g/mol. The molecule has 2 bridgehead atoms. The number of carboxylic acids is 1. The lowest BCUT2D eigenvalue weighted by Gasteiger charge is -2.64. The second-order valence-corrected chi connectivity index (χ2v) is 11.4.